The van der Waals surface area contributed by atoms with Crippen LogP contribution in [-0.4, -0.2) is 30.4 Å². The summed E-state index contributed by atoms with van der Waals surface area (Å²) in [6.07, 6.45) is 2.50. The maximum Gasteiger partial charge on any atom is 0.240 e. The fourth-order valence-electron chi connectivity index (χ4n) is 2.60. The number of likely N-dealkylation sites (tertiary alicyclic amines) is 1. The lowest BCUT2D eigenvalue weighted by molar-refractivity contribution is -0.130. The Labute approximate surface area is 105 Å². The van der Waals surface area contributed by atoms with Crippen LogP contribution in [0.4, 0.5) is 0 Å². The topological polar surface area (TPSA) is 58.4 Å². The first kappa shape index (κ1) is 14.5. The summed E-state index contributed by atoms with van der Waals surface area (Å²) in [5.41, 5.74) is 1.85. The number of nitrogens with one attached hydrogen (secondary N) is 1. The molecule has 0 bridgehead atoms. The number of hydrogen-bond acceptors (Lipinski definition) is 3. The Balaban J connectivity index is 2.42. The quantitative estimate of drug-likeness (QED) is 0.444. The van der Waals surface area contributed by atoms with E-state index < -0.39 is 5.41 Å². The summed E-state index contributed by atoms with van der Waals surface area (Å²) in [6.45, 7) is 11.5. The van der Waals surface area contributed by atoms with Crippen LogP contribution >= 0.6 is 0 Å². The zero-order valence-electron chi connectivity index (χ0n) is 11.6. The van der Waals surface area contributed by atoms with Crippen LogP contribution in [0.3, 0.4) is 0 Å². The summed E-state index contributed by atoms with van der Waals surface area (Å²) in [6, 6.07) is 0. The average molecular weight is 241 g/mol. The van der Waals surface area contributed by atoms with Crippen molar-refractivity contribution in [3.63, 3.8) is 0 Å². The number of amides is 1. The van der Waals surface area contributed by atoms with E-state index in [1.807, 2.05) is 13.8 Å². The monoisotopic (exact) mass is 241 g/mol. The molecule has 1 aliphatic rings. The van der Waals surface area contributed by atoms with E-state index in [0.29, 0.717) is 0 Å². The van der Waals surface area contributed by atoms with E-state index in [0.717, 1.165) is 31.5 Å². The van der Waals surface area contributed by atoms with Gasteiger partial charge in [0.1, 0.15) is 0 Å². The summed E-state index contributed by atoms with van der Waals surface area (Å²) in [5, 5.41) is 0. The first-order chi connectivity index (χ1) is 7.86. The molecule has 0 spiro atoms. The molecule has 0 radical (unpaired) electrons. The van der Waals surface area contributed by atoms with Gasteiger partial charge in [-0.05, 0) is 51.6 Å². The largest absolute Gasteiger partial charge is 0.302 e. The first-order valence-corrected chi connectivity index (χ1v) is 6.60. The van der Waals surface area contributed by atoms with Crippen molar-refractivity contribution in [2.75, 3.05) is 19.6 Å². The van der Waals surface area contributed by atoms with Crippen molar-refractivity contribution in [1.82, 2.24) is 10.3 Å². The van der Waals surface area contributed by atoms with Gasteiger partial charge in [-0.1, -0.05) is 13.8 Å². The van der Waals surface area contributed by atoms with E-state index in [9.17, 15) is 4.79 Å². The maximum atomic E-state index is 11.6. The lowest BCUT2D eigenvalue weighted by atomic mass is 9.85. The number of hydrazine groups is 1. The van der Waals surface area contributed by atoms with Crippen molar-refractivity contribution in [3.8, 4) is 0 Å². The predicted octanol–water partition coefficient (Wildman–Crippen LogP) is 1.37. The molecule has 0 aromatic rings. The number of hydrogen-bond donors (Lipinski definition) is 2. The Kier molecular flexibility index (Phi) is 4.95. The van der Waals surface area contributed by atoms with Gasteiger partial charge in [0.05, 0.1) is 5.41 Å². The molecule has 1 amide bonds. The molecule has 4 nitrogen and oxygen atoms in total. The molecule has 0 saturated carbocycles. The third kappa shape index (κ3) is 3.96. The SMILES string of the molecule is CC(C)C1CCN(CC(C)(C)C(=O)NN)CC1. The highest BCUT2D eigenvalue weighted by molar-refractivity contribution is 5.81. The highest BCUT2D eigenvalue weighted by atomic mass is 16.2. The van der Waals surface area contributed by atoms with Gasteiger partial charge in [0.15, 0.2) is 0 Å². The Morgan fingerprint density at radius 2 is 1.94 bits per heavy atom. The van der Waals surface area contributed by atoms with Crippen molar-refractivity contribution < 1.29 is 4.79 Å². The van der Waals surface area contributed by atoms with E-state index in [1.54, 1.807) is 0 Å². The van der Waals surface area contributed by atoms with E-state index in [1.165, 1.54) is 12.8 Å². The third-order valence-corrected chi connectivity index (χ3v) is 3.94. The average Bonchev–Trinajstić information content (AvgIpc) is 2.28. The van der Waals surface area contributed by atoms with Crippen LogP contribution < -0.4 is 11.3 Å². The second-order valence-corrected chi connectivity index (χ2v) is 6.21. The lowest BCUT2D eigenvalue weighted by Crippen LogP contribution is -2.49. The predicted molar refractivity (Wildman–Crippen MR) is 70.1 cm³/mol. The number of nitrogens with zero attached hydrogens (tertiary/aromatic N) is 1. The summed E-state index contributed by atoms with van der Waals surface area (Å²) in [7, 11) is 0. The van der Waals surface area contributed by atoms with E-state index in [2.05, 4.69) is 24.2 Å². The van der Waals surface area contributed by atoms with Crippen molar-refractivity contribution in [1.29, 1.82) is 0 Å². The Bertz CT molecular complexity index is 255. The van der Waals surface area contributed by atoms with Crippen LogP contribution in [0.2, 0.25) is 0 Å². The van der Waals surface area contributed by atoms with Gasteiger partial charge in [0.25, 0.3) is 0 Å². The van der Waals surface area contributed by atoms with Crippen LogP contribution in [0.15, 0.2) is 0 Å². The van der Waals surface area contributed by atoms with Crippen LogP contribution in [-0.2, 0) is 4.79 Å². The number of rotatable bonds is 4. The highest BCUT2D eigenvalue weighted by Gasteiger charge is 2.31. The Morgan fingerprint density at radius 3 is 2.35 bits per heavy atom. The minimum atomic E-state index is -0.403. The van der Waals surface area contributed by atoms with Crippen molar-refractivity contribution in [3.05, 3.63) is 0 Å². The standard InChI is InChI=1S/C13H27N3O/c1-10(2)11-5-7-16(8-6-11)9-13(3,4)12(17)15-14/h10-11H,5-9,14H2,1-4H3,(H,15,17). The fourth-order valence-corrected chi connectivity index (χ4v) is 2.60. The van der Waals surface area contributed by atoms with Crippen LogP contribution in [0.1, 0.15) is 40.5 Å². The van der Waals surface area contributed by atoms with Gasteiger partial charge in [0.2, 0.25) is 5.91 Å². The lowest BCUT2D eigenvalue weighted by Gasteiger charge is -2.37. The normalized spacial score (nSPS) is 19.6. The highest BCUT2D eigenvalue weighted by Crippen LogP contribution is 2.26. The van der Waals surface area contributed by atoms with Crippen molar-refractivity contribution in [2.45, 2.75) is 40.5 Å². The molecule has 3 N–H and O–H groups in total. The van der Waals surface area contributed by atoms with E-state index in [4.69, 9.17) is 5.84 Å². The third-order valence-electron chi connectivity index (χ3n) is 3.94. The van der Waals surface area contributed by atoms with Gasteiger partial charge in [-0.15, -0.1) is 0 Å². The summed E-state index contributed by atoms with van der Waals surface area (Å²) in [5.74, 6) is 6.75. The van der Waals surface area contributed by atoms with Gasteiger partial charge < -0.3 is 4.90 Å². The minimum Gasteiger partial charge on any atom is -0.302 e. The Hall–Kier alpha value is -0.610. The molecule has 0 aliphatic carbocycles. The molecule has 4 heteroatoms. The van der Waals surface area contributed by atoms with Crippen LogP contribution in [0.25, 0.3) is 0 Å². The van der Waals surface area contributed by atoms with E-state index >= 15 is 0 Å². The second-order valence-electron chi connectivity index (χ2n) is 6.21. The zero-order chi connectivity index (χ0) is 13.1. The molecule has 0 aromatic heterocycles. The molecule has 0 atom stereocenters. The molecule has 0 aromatic carbocycles. The van der Waals surface area contributed by atoms with Crippen LogP contribution in [0.5, 0.6) is 0 Å². The number of piperidine rings is 1. The maximum absolute atomic E-state index is 11.6. The smallest absolute Gasteiger partial charge is 0.240 e. The molecule has 17 heavy (non-hydrogen) atoms. The van der Waals surface area contributed by atoms with Crippen LogP contribution in [0, 0.1) is 17.3 Å². The summed E-state index contributed by atoms with van der Waals surface area (Å²) < 4.78 is 0. The second kappa shape index (κ2) is 5.83. The molecule has 0 unspecified atom stereocenters. The molecule has 1 heterocycles. The van der Waals surface area contributed by atoms with Crippen molar-refractivity contribution in [2.24, 2.45) is 23.1 Å². The molecule has 1 fully saturated rings. The summed E-state index contributed by atoms with van der Waals surface area (Å²) >= 11 is 0. The Morgan fingerprint density at radius 1 is 1.41 bits per heavy atom. The number of nitrogens with two attached hydrogens (primary N) is 1. The van der Waals surface area contributed by atoms with Gasteiger partial charge in [-0.3, -0.25) is 10.2 Å². The molecular weight excluding hydrogens is 214 g/mol. The zero-order valence-corrected chi connectivity index (χ0v) is 11.6. The molecular formula is C13H27N3O. The minimum absolute atomic E-state index is 0.0801. The van der Waals surface area contributed by atoms with Gasteiger partial charge in [-0.25, -0.2) is 5.84 Å². The van der Waals surface area contributed by atoms with Gasteiger partial charge in [-0.2, -0.15) is 0 Å². The van der Waals surface area contributed by atoms with Crippen molar-refractivity contribution >= 4 is 5.91 Å². The first-order valence-electron chi connectivity index (χ1n) is 6.60. The van der Waals surface area contributed by atoms with Gasteiger partial charge in [0, 0.05) is 6.54 Å². The number of carbonyl (C=O) groups excluding carboxylic acids is 1. The molecule has 1 rings (SSSR count). The fraction of sp³-hybridized carbons (Fsp3) is 0.923. The number of carbonyl (C=O) groups is 1. The molecule has 1 aliphatic heterocycles. The van der Waals surface area contributed by atoms with Gasteiger partial charge >= 0.3 is 0 Å². The molecule has 1 saturated heterocycles. The van der Waals surface area contributed by atoms with E-state index in [-0.39, 0.29) is 5.91 Å². The summed E-state index contributed by atoms with van der Waals surface area (Å²) in [4.78, 5) is 14.0. The molecule has 100 valence electrons.